The van der Waals surface area contributed by atoms with E-state index >= 15 is 0 Å². The molecule has 0 aromatic carbocycles. The lowest BCUT2D eigenvalue weighted by atomic mass is 10.2. The first kappa shape index (κ1) is 22.6. The van der Waals surface area contributed by atoms with E-state index in [1.54, 1.807) is 26.2 Å². The minimum Gasteiger partial charge on any atom is -0.475 e. The Hall–Kier alpha value is -2.73. The van der Waals surface area contributed by atoms with Crippen LogP contribution in [0.1, 0.15) is 36.8 Å². The molecule has 0 fully saturated rings. The lowest BCUT2D eigenvalue weighted by Gasteiger charge is -2.12. The molecule has 0 saturated carbocycles. The minimum absolute atomic E-state index is 0.00576. The topological polar surface area (TPSA) is 134 Å². The number of carbonyl (C=O) groups excluding carboxylic acids is 2. The summed E-state index contributed by atoms with van der Waals surface area (Å²) < 4.78 is 37.9. The highest BCUT2D eigenvalue weighted by molar-refractivity contribution is 7.86. The summed E-state index contributed by atoms with van der Waals surface area (Å²) in [7, 11) is -3.84. The second-order valence-electron chi connectivity index (χ2n) is 6.07. The number of hydrogen-bond acceptors (Lipinski definition) is 10. The maximum Gasteiger partial charge on any atom is 0.311 e. The second kappa shape index (κ2) is 9.65. The molecule has 0 bridgehead atoms. The van der Waals surface area contributed by atoms with Crippen molar-refractivity contribution >= 4 is 38.5 Å². The van der Waals surface area contributed by atoms with Crippen molar-refractivity contribution in [2.24, 2.45) is 0 Å². The van der Waals surface area contributed by atoms with Crippen LogP contribution in [0, 0.1) is 0 Å². The van der Waals surface area contributed by atoms with Crippen molar-refractivity contribution in [3.8, 4) is 11.8 Å². The molecule has 0 atom stereocenters. The van der Waals surface area contributed by atoms with Crippen LogP contribution in [0.5, 0.6) is 11.8 Å². The second-order valence-corrected chi connectivity index (χ2v) is 8.50. The van der Waals surface area contributed by atoms with Gasteiger partial charge in [0.25, 0.3) is 5.91 Å². The molecule has 2 heterocycles. The van der Waals surface area contributed by atoms with E-state index in [-0.39, 0.29) is 41.6 Å². The molecule has 1 amide bonds. The summed E-state index contributed by atoms with van der Waals surface area (Å²) in [4.78, 5) is 32.2. The quantitative estimate of drug-likeness (QED) is 0.456. The molecule has 0 aliphatic rings. The monoisotopic (exact) mass is 443 g/mol. The maximum atomic E-state index is 12.6. The highest BCUT2D eigenvalue weighted by atomic mass is 32.2. The van der Waals surface area contributed by atoms with Crippen molar-refractivity contribution in [3.63, 3.8) is 0 Å². The first-order valence-electron chi connectivity index (χ1n) is 8.55. The van der Waals surface area contributed by atoms with Crippen molar-refractivity contribution in [2.75, 3.05) is 18.2 Å². The molecule has 2 aromatic heterocycles. The summed E-state index contributed by atoms with van der Waals surface area (Å²) in [5.74, 6) is -1.24. The van der Waals surface area contributed by atoms with Gasteiger partial charge in [-0.25, -0.2) is 4.98 Å². The number of ether oxygens (including phenoxy) is 2. The molecule has 0 spiro atoms. The number of pyridine rings is 1. The number of nitrogens with one attached hydrogen (secondary N) is 1. The molecule has 12 heteroatoms. The van der Waals surface area contributed by atoms with Gasteiger partial charge in [-0.2, -0.15) is 13.4 Å². The van der Waals surface area contributed by atoms with Crippen LogP contribution < -0.4 is 14.2 Å². The summed E-state index contributed by atoms with van der Waals surface area (Å²) in [5.41, 5.74) is 0.528. The van der Waals surface area contributed by atoms with Crippen molar-refractivity contribution in [1.82, 2.24) is 9.97 Å². The number of amides is 1. The highest BCUT2D eigenvalue weighted by Gasteiger charge is 2.17. The van der Waals surface area contributed by atoms with Gasteiger partial charge in [-0.3, -0.25) is 14.9 Å². The molecule has 10 nitrogen and oxygen atoms in total. The maximum absolute atomic E-state index is 12.6. The largest absolute Gasteiger partial charge is 0.475 e. The number of hydrogen-bond donors (Lipinski definition) is 1. The van der Waals surface area contributed by atoms with Crippen LogP contribution in [-0.4, -0.2) is 49.2 Å². The lowest BCUT2D eigenvalue weighted by Crippen LogP contribution is -2.15. The average Bonchev–Trinajstić information content (AvgIpc) is 2.99. The summed E-state index contributed by atoms with van der Waals surface area (Å²) in [6.45, 7) is 5.49. The molecule has 0 unspecified atom stereocenters. The predicted molar refractivity (Wildman–Crippen MR) is 106 cm³/mol. The van der Waals surface area contributed by atoms with E-state index in [9.17, 15) is 18.0 Å². The third-order valence-electron chi connectivity index (χ3n) is 3.04. The zero-order valence-electron chi connectivity index (χ0n) is 16.3. The van der Waals surface area contributed by atoms with Gasteiger partial charge in [0, 0.05) is 17.5 Å². The van der Waals surface area contributed by atoms with E-state index in [2.05, 4.69) is 15.3 Å². The van der Waals surface area contributed by atoms with Gasteiger partial charge in [0.15, 0.2) is 5.13 Å². The Labute approximate surface area is 172 Å². The Kier molecular flexibility index (Phi) is 7.51. The molecule has 1 N–H and O–H groups in total. The highest BCUT2D eigenvalue weighted by Crippen LogP contribution is 2.22. The van der Waals surface area contributed by atoms with Crippen LogP contribution >= 0.6 is 11.3 Å². The van der Waals surface area contributed by atoms with Gasteiger partial charge in [-0.05, 0) is 20.8 Å². The van der Waals surface area contributed by atoms with Crippen LogP contribution in [0.3, 0.4) is 0 Å². The van der Waals surface area contributed by atoms with E-state index in [0.717, 1.165) is 17.6 Å². The minimum atomic E-state index is -3.84. The van der Waals surface area contributed by atoms with Gasteiger partial charge < -0.3 is 13.7 Å². The summed E-state index contributed by atoms with van der Waals surface area (Å²) in [6.07, 6.45) is 0.607. The van der Waals surface area contributed by atoms with Crippen LogP contribution in [-0.2, 0) is 26.1 Å². The number of rotatable bonds is 9. The van der Waals surface area contributed by atoms with Gasteiger partial charge in [-0.15, -0.1) is 11.3 Å². The molecule has 158 valence electrons. The number of nitrogens with zero attached hydrogens (tertiary/aromatic N) is 2. The molecule has 0 radical (unpaired) electrons. The molecule has 29 heavy (non-hydrogen) atoms. The van der Waals surface area contributed by atoms with Gasteiger partial charge in [0.1, 0.15) is 0 Å². The van der Waals surface area contributed by atoms with Crippen LogP contribution in [0.25, 0.3) is 0 Å². The zero-order valence-corrected chi connectivity index (χ0v) is 17.9. The standard InChI is InChI=1S/C17H21N3O7S2/c1-5-25-15(21)8-12-9-28-17(18-12)20-16(22)11-6-13(26-10(2)3)19-14(7-11)27-29(4,23)24/h6-7,9-10H,5,8H2,1-4H3,(H,18,20,22). The molecular formula is C17H21N3O7S2. The first-order chi connectivity index (χ1) is 13.6. The molecule has 0 aliphatic heterocycles. The van der Waals surface area contributed by atoms with Crippen LogP contribution in [0.2, 0.25) is 0 Å². The van der Waals surface area contributed by atoms with Crippen molar-refractivity contribution in [2.45, 2.75) is 33.3 Å². The van der Waals surface area contributed by atoms with E-state index in [1.807, 2.05) is 0 Å². The van der Waals surface area contributed by atoms with E-state index < -0.39 is 22.0 Å². The number of anilines is 1. The van der Waals surface area contributed by atoms with Gasteiger partial charge in [0.2, 0.25) is 11.8 Å². The normalized spacial score (nSPS) is 11.2. The Balaban J connectivity index is 2.19. The molecule has 2 aromatic rings. The van der Waals surface area contributed by atoms with Crippen molar-refractivity contribution in [1.29, 1.82) is 0 Å². The molecule has 2 rings (SSSR count). The number of esters is 1. The number of carbonyl (C=O) groups is 2. The third kappa shape index (κ3) is 7.66. The fourth-order valence-electron chi connectivity index (χ4n) is 2.09. The summed E-state index contributed by atoms with van der Waals surface area (Å²) in [5, 5.41) is 4.48. The van der Waals surface area contributed by atoms with Gasteiger partial charge >= 0.3 is 16.1 Å². The van der Waals surface area contributed by atoms with E-state index in [4.69, 9.17) is 13.7 Å². The molecule has 0 aliphatic carbocycles. The van der Waals surface area contributed by atoms with Gasteiger partial charge in [0.05, 0.1) is 36.6 Å². The molecule has 0 saturated heterocycles. The number of thiazole rings is 1. The first-order valence-corrected chi connectivity index (χ1v) is 11.2. The summed E-state index contributed by atoms with van der Waals surface area (Å²) in [6, 6.07) is 2.54. The fourth-order valence-corrected chi connectivity index (χ4v) is 3.19. The Morgan fingerprint density at radius 2 is 1.90 bits per heavy atom. The lowest BCUT2D eigenvalue weighted by molar-refractivity contribution is -0.142. The Morgan fingerprint density at radius 1 is 1.21 bits per heavy atom. The van der Waals surface area contributed by atoms with Crippen molar-refractivity contribution < 1.29 is 31.7 Å². The van der Waals surface area contributed by atoms with Gasteiger partial charge in [-0.1, -0.05) is 0 Å². The SMILES string of the molecule is CCOC(=O)Cc1csc(NC(=O)c2cc(OC(C)C)nc(OS(C)(=O)=O)c2)n1. The Morgan fingerprint density at radius 3 is 2.52 bits per heavy atom. The third-order valence-corrected chi connectivity index (χ3v) is 4.32. The molecular weight excluding hydrogens is 422 g/mol. The number of aromatic nitrogens is 2. The fraction of sp³-hybridized carbons (Fsp3) is 0.412. The zero-order chi connectivity index (χ0) is 21.6. The van der Waals surface area contributed by atoms with Crippen LogP contribution in [0.4, 0.5) is 5.13 Å². The van der Waals surface area contributed by atoms with Crippen molar-refractivity contribution in [3.05, 3.63) is 28.8 Å². The van der Waals surface area contributed by atoms with E-state index in [0.29, 0.717) is 5.69 Å². The average molecular weight is 444 g/mol. The van der Waals surface area contributed by atoms with E-state index in [1.165, 1.54) is 12.1 Å². The summed E-state index contributed by atoms with van der Waals surface area (Å²) >= 11 is 1.14. The smallest absolute Gasteiger partial charge is 0.311 e. The predicted octanol–water partition coefficient (Wildman–Crippen LogP) is 2.02. The Bertz CT molecular complexity index is 987. The van der Waals surface area contributed by atoms with Crippen LogP contribution in [0.15, 0.2) is 17.5 Å².